The molecule has 1 aliphatic rings. The maximum absolute atomic E-state index is 11.6. The van der Waals surface area contributed by atoms with Gasteiger partial charge in [-0.25, -0.2) is 0 Å². The molecule has 108 valence electrons. The average Bonchev–Trinajstić information content (AvgIpc) is 2.30. The predicted molar refractivity (Wildman–Crippen MR) is 79.8 cm³/mol. The van der Waals surface area contributed by atoms with Crippen molar-refractivity contribution in [2.75, 3.05) is 6.61 Å². The van der Waals surface area contributed by atoms with E-state index in [1.54, 1.807) is 0 Å². The summed E-state index contributed by atoms with van der Waals surface area (Å²) in [4.78, 5) is 11.6. The summed E-state index contributed by atoms with van der Waals surface area (Å²) in [6.07, 6.45) is 9.49. The molecule has 2 atom stereocenters. The predicted octanol–water partition coefficient (Wildman–Crippen LogP) is 4.51. The van der Waals surface area contributed by atoms with Crippen LogP contribution in [0.4, 0.5) is 0 Å². The van der Waals surface area contributed by atoms with Gasteiger partial charge in [0.2, 0.25) is 0 Å². The van der Waals surface area contributed by atoms with E-state index in [9.17, 15) is 4.79 Å². The summed E-state index contributed by atoms with van der Waals surface area (Å²) in [6, 6.07) is 0. The van der Waals surface area contributed by atoms with Gasteiger partial charge in [-0.15, -0.1) is 0 Å². The molecular formula is C17H28O2. The van der Waals surface area contributed by atoms with E-state index < -0.39 is 0 Å². The van der Waals surface area contributed by atoms with E-state index in [2.05, 4.69) is 45.9 Å². The van der Waals surface area contributed by atoms with Gasteiger partial charge in [0, 0.05) is 0 Å². The van der Waals surface area contributed by atoms with E-state index in [0.717, 1.165) is 12.8 Å². The lowest BCUT2D eigenvalue weighted by Crippen LogP contribution is -2.28. The van der Waals surface area contributed by atoms with Crippen LogP contribution >= 0.6 is 0 Å². The highest BCUT2D eigenvalue weighted by atomic mass is 16.5. The Morgan fingerprint density at radius 1 is 1.42 bits per heavy atom. The molecule has 0 spiro atoms. The van der Waals surface area contributed by atoms with Crippen LogP contribution in [0.1, 0.15) is 53.9 Å². The van der Waals surface area contributed by atoms with Crippen LogP contribution in [-0.4, -0.2) is 12.6 Å². The summed E-state index contributed by atoms with van der Waals surface area (Å²) in [7, 11) is 0. The molecule has 1 rings (SSSR count). The van der Waals surface area contributed by atoms with E-state index in [1.165, 1.54) is 5.57 Å². The quantitative estimate of drug-likeness (QED) is 0.539. The Hall–Kier alpha value is -1.05. The number of carbonyl (C=O) groups excluding carboxylic acids is 1. The molecule has 0 N–H and O–H groups in total. The van der Waals surface area contributed by atoms with Crippen molar-refractivity contribution >= 4 is 5.97 Å². The molecule has 0 aromatic heterocycles. The Labute approximate surface area is 117 Å². The van der Waals surface area contributed by atoms with Gasteiger partial charge in [0.25, 0.3) is 0 Å². The molecule has 2 nitrogen and oxygen atoms in total. The Balaban J connectivity index is 2.65. The third-order valence-corrected chi connectivity index (χ3v) is 3.98. The minimum absolute atomic E-state index is 0.0715. The van der Waals surface area contributed by atoms with E-state index in [0.29, 0.717) is 24.9 Å². The number of allylic oxidation sites excluding steroid dienone is 4. The van der Waals surface area contributed by atoms with Crippen molar-refractivity contribution in [3.63, 3.8) is 0 Å². The standard InChI is InChI=1S/C17H28O2/c1-6-19-16(18)12-14-9-10-17(4,5)15(11-14)8-7-13(2)3/h7,9-10,14-15H,6,8,11-12H2,1-5H3/t14?,15-/m0/s1. The average molecular weight is 264 g/mol. The summed E-state index contributed by atoms with van der Waals surface area (Å²) in [5.74, 6) is 0.868. The van der Waals surface area contributed by atoms with Gasteiger partial charge in [0.05, 0.1) is 13.0 Å². The van der Waals surface area contributed by atoms with Crippen molar-refractivity contribution < 1.29 is 9.53 Å². The highest BCUT2D eigenvalue weighted by Crippen LogP contribution is 2.41. The Bertz CT molecular complexity index is 359. The monoisotopic (exact) mass is 264 g/mol. The third kappa shape index (κ3) is 5.22. The lowest BCUT2D eigenvalue weighted by molar-refractivity contribution is -0.144. The van der Waals surface area contributed by atoms with Crippen LogP contribution in [0.25, 0.3) is 0 Å². The molecule has 1 unspecified atom stereocenters. The molecule has 1 aliphatic carbocycles. The molecule has 0 saturated heterocycles. The zero-order valence-corrected chi connectivity index (χ0v) is 13.0. The number of esters is 1. The van der Waals surface area contributed by atoms with Crippen molar-refractivity contribution in [3.8, 4) is 0 Å². The summed E-state index contributed by atoms with van der Waals surface area (Å²) >= 11 is 0. The van der Waals surface area contributed by atoms with Gasteiger partial charge >= 0.3 is 5.97 Å². The second kappa shape index (κ2) is 6.93. The maximum Gasteiger partial charge on any atom is 0.306 e. The van der Waals surface area contributed by atoms with Gasteiger partial charge in [-0.05, 0) is 50.9 Å². The van der Waals surface area contributed by atoms with Crippen LogP contribution in [0.15, 0.2) is 23.8 Å². The van der Waals surface area contributed by atoms with Gasteiger partial charge in [0.1, 0.15) is 0 Å². The Morgan fingerprint density at radius 3 is 2.68 bits per heavy atom. The maximum atomic E-state index is 11.6. The van der Waals surface area contributed by atoms with Crippen LogP contribution in [0, 0.1) is 17.3 Å². The van der Waals surface area contributed by atoms with E-state index in [-0.39, 0.29) is 11.4 Å². The lowest BCUT2D eigenvalue weighted by atomic mass is 9.68. The van der Waals surface area contributed by atoms with Crippen LogP contribution in [0.3, 0.4) is 0 Å². The largest absolute Gasteiger partial charge is 0.466 e. The topological polar surface area (TPSA) is 26.3 Å². The minimum atomic E-state index is -0.0715. The summed E-state index contributed by atoms with van der Waals surface area (Å²) in [5.41, 5.74) is 1.59. The molecular weight excluding hydrogens is 236 g/mol. The number of ether oxygens (including phenoxy) is 1. The smallest absolute Gasteiger partial charge is 0.306 e. The first-order valence-electron chi connectivity index (χ1n) is 7.33. The first kappa shape index (κ1) is 16.0. The molecule has 19 heavy (non-hydrogen) atoms. The number of rotatable bonds is 5. The number of hydrogen-bond donors (Lipinski definition) is 0. The zero-order valence-electron chi connectivity index (χ0n) is 13.0. The van der Waals surface area contributed by atoms with Crippen molar-refractivity contribution in [1.29, 1.82) is 0 Å². The molecule has 0 fully saturated rings. The van der Waals surface area contributed by atoms with Gasteiger partial charge < -0.3 is 4.74 Å². The second-order valence-corrected chi connectivity index (χ2v) is 6.40. The normalized spacial score (nSPS) is 24.9. The summed E-state index contributed by atoms with van der Waals surface area (Å²) in [5, 5.41) is 0. The van der Waals surface area contributed by atoms with Gasteiger partial charge in [0.15, 0.2) is 0 Å². The van der Waals surface area contributed by atoms with Crippen molar-refractivity contribution in [1.82, 2.24) is 0 Å². The fourth-order valence-corrected chi connectivity index (χ4v) is 2.63. The highest BCUT2D eigenvalue weighted by Gasteiger charge is 2.32. The molecule has 0 saturated carbocycles. The first-order chi connectivity index (χ1) is 8.85. The number of hydrogen-bond acceptors (Lipinski definition) is 2. The lowest BCUT2D eigenvalue weighted by Gasteiger charge is -2.37. The molecule has 0 amide bonds. The Morgan fingerprint density at radius 2 is 2.11 bits per heavy atom. The molecule has 0 radical (unpaired) electrons. The van der Waals surface area contributed by atoms with Crippen molar-refractivity contribution in [3.05, 3.63) is 23.8 Å². The molecule has 0 bridgehead atoms. The zero-order chi connectivity index (χ0) is 14.5. The fraction of sp³-hybridized carbons (Fsp3) is 0.706. The SMILES string of the molecule is CCOC(=O)CC1C=CC(C)(C)[C@@H](CC=C(C)C)C1. The molecule has 0 aliphatic heterocycles. The molecule has 0 aromatic carbocycles. The Kier molecular flexibility index (Phi) is 5.84. The van der Waals surface area contributed by atoms with Crippen LogP contribution in [-0.2, 0) is 9.53 Å². The van der Waals surface area contributed by atoms with Crippen molar-refractivity contribution in [2.24, 2.45) is 17.3 Å². The van der Waals surface area contributed by atoms with Crippen LogP contribution < -0.4 is 0 Å². The van der Waals surface area contributed by atoms with Gasteiger partial charge in [-0.2, -0.15) is 0 Å². The van der Waals surface area contributed by atoms with Gasteiger partial charge in [-0.3, -0.25) is 4.79 Å². The van der Waals surface area contributed by atoms with Crippen molar-refractivity contribution in [2.45, 2.75) is 53.9 Å². The van der Waals surface area contributed by atoms with Crippen LogP contribution in [0.5, 0.6) is 0 Å². The molecule has 0 heterocycles. The van der Waals surface area contributed by atoms with E-state index >= 15 is 0 Å². The summed E-state index contributed by atoms with van der Waals surface area (Å²) in [6.45, 7) is 11.2. The van der Waals surface area contributed by atoms with E-state index in [4.69, 9.17) is 4.74 Å². The fourth-order valence-electron chi connectivity index (χ4n) is 2.63. The highest BCUT2D eigenvalue weighted by molar-refractivity contribution is 5.69. The van der Waals surface area contributed by atoms with Crippen LogP contribution in [0.2, 0.25) is 0 Å². The summed E-state index contributed by atoms with van der Waals surface area (Å²) < 4.78 is 5.05. The van der Waals surface area contributed by atoms with E-state index in [1.807, 2.05) is 6.92 Å². The first-order valence-corrected chi connectivity index (χ1v) is 7.33. The number of carbonyl (C=O) groups is 1. The molecule has 0 aromatic rings. The third-order valence-electron chi connectivity index (χ3n) is 3.98. The second-order valence-electron chi connectivity index (χ2n) is 6.40. The molecule has 2 heteroatoms. The minimum Gasteiger partial charge on any atom is -0.466 e. The van der Waals surface area contributed by atoms with Gasteiger partial charge in [-0.1, -0.05) is 37.6 Å².